The lowest BCUT2D eigenvalue weighted by Gasteiger charge is -2.49. The first kappa shape index (κ1) is 37.5. The number of likely N-dealkylation sites (N-methyl/N-ethyl adjacent to an activating group) is 1. The molecule has 260 valence electrons. The lowest BCUT2D eigenvalue weighted by Crippen LogP contribution is -2.67. The zero-order chi connectivity index (χ0) is 33.3. The van der Waals surface area contributed by atoms with Crippen molar-refractivity contribution in [2.75, 3.05) is 39.8 Å². The highest BCUT2D eigenvalue weighted by Crippen LogP contribution is 2.36. The maximum absolute atomic E-state index is 13.1. The second-order valence-electron chi connectivity index (χ2n) is 12.2. The van der Waals surface area contributed by atoms with Gasteiger partial charge in [0.15, 0.2) is 18.0 Å². The number of hydrogen-bond acceptors (Lipinski definition) is 15. The predicted octanol–water partition coefficient (Wildman–Crippen LogP) is -4.60. The average molecular weight is 647 g/mol. The Morgan fingerprint density at radius 1 is 1.20 bits per heavy atom. The molecular formula is C28H54N8O9. The molecule has 0 radical (unpaired) electrons. The van der Waals surface area contributed by atoms with Crippen LogP contribution < -0.4 is 39.3 Å². The number of aliphatic hydroxyl groups excluding tert-OH is 3. The van der Waals surface area contributed by atoms with Gasteiger partial charge in [-0.15, -0.1) is 0 Å². The van der Waals surface area contributed by atoms with Crippen LogP contribution in [0.3, 0.4) is 0 Å². The van der Waals surface area contributed by atoms with Crippen molar-refractivity contribution in [3.63, 3.8) is 0 Å². The monoisotopic (exact) mass is 646 g/mol. The van der Waals surface area contributed by atoms with Gasteiger partial charge in [-0.2, -0.15) is 0 Å². The maximum Gasteiger partial charge on any atom is 0.215 e. The van der Waals surface area contributed by atoms with Gasteiger partial charge in [0, 0.05) is 25.4 Å². The van der Waals surface area contributed by atoms with Crippen LogP contribution in [0.25, 0.3) is 0 Å². The van der Waals surface area contributed by atoms with Crippen LogP contribution in [0.4, 0.5) is 0 Å². The van der Waals surface area contributed by atoms with Crippen LogP contribution in [-0.4, -0.2) is 139 Å². The van der Waals surface area contributed by atoms with Crippen molar-refractivity contribution in [3.8, 4) is 0 Å². The van der Waals surface area contributed by atoms with E-state index in [1.165, 1.54) is 6.92 Å². The maximum atomic E-state index is 13.1. The minimum atomic E-state index is -1.41. The van der Waals surface area contributed by atoms with Gasteiger partial charge in [-0.1, -0.05) is 0 Å². The van der Waals surface area contributed by atoms with Crippen LogP contribution in [0.5, 0.6) is 0 Å². The van der Waals surface area contributed by atoms with Crippen LogP contribution in [0, 0.1) is 5.92 Å². The number of guanidine groups is 1. The summed E-state index contributed by atoms with van der Waals surface area (Å²) in [6, 6.07) is -1.87. The van der Waals surface area contributed by atoms with E-state index in [0.29, 0.717) is 25.3 Å². The van der Waals surface area contributed by atoms with Gasteiger partial charge >= 0.3 is 0 Å². The Morgan fingerprint density at radius 2 is 1.91 bits per heavy atom. The second-order valence-corrected chi connectivity index (χ2v) is 12.2. The van der Waals surface area contributed by atoms with Crippen molar-refractivity contribution in [1.82, 2.24) is 10.6 Å². The number of aliphatic hydroxyl groups is 4. The number of rotatable bonds is 16. The van der Waals surface area contributed by atoms with Crippen LogP contribution in [0.2, 0.25) is 0 Å². The van der Waals surface area contributed by atoms with Crippen molar-refractivity contribution in [1.29, 1.82) is 0 Å². The standard InChI is InChI=1S/C28H54N8O9/c1-28(41)13-42-26(21(40)24(28)34-2)44-22-14(11-19(38)18(37)6-9-36-27(32)33)10-16(31)23(20(22)39)45-25-17(35-8-3-7-29)5-4-15(12-30)43-25/h4,14,16-18,20-26,34-35,37,39-41H,3,5-13,29-31H2,1-2H3,(H4,32,33,36)/t14-,16-,17+,18-,20+,21+,22-,23?,24+,25+,26+,28-/m0/s1. The highest BCUT2D eigenvalue weighted by Gasteiger charge is 2.51. The normalized spacial score (nSPS) is 37.8. The molecule has 0 spiro atoms. The van der Waals surface area contributed by atoms with E-state index in [0.717, 1.165) is 6.42 Å². The molecule has 2 heterocycles. The van der Waals surface area contributed by atoms with Gasteiger partial charge in [0.2, 0.25) is 6.29 Å². The van der Waals surface area contributed by atoms with E-state index in [2.05, 4.69) is 15.6 Å². The molecule has 0 bridgehead atoms. The fourth-order valence-electron chi connectivity index (χ4n) is 6.13. The zero-order valence-corrected chi connectivity index (χ0v) is 26.2. The number of carbonyl (C=O) groups is 1. The first-order valence-electron chi connectivity index (χ1n) is 15.5. The van der Waals surface area contributed by atoms with Gasteiger partial charge in [-0.3, -0.25) is 9.79 Å². The first-order chi connectivity index (χ1) is 21.3. The number of nitrogens with zero attached hydrogens (tertiary/aromatic N) is 1. The molecule has 0 aromatic heterocycles. The summed E-state index contributed by atoms with van der Waals surface area (Å²) in [6.07, 6.45) is -5.26. The van der Waals surface area contributed by atoms with Crippen LogP contribution in [-0.2, 0) is 23.7 Å². The number of nitrogens with one attached hydrogen (secondary N) is 2. The number of ketones is 1. The molecule has 3 aliphatic rings. The molecule has 3 rings (SSSR count). The summed E-state index contributed by atoms with van der Waals surface area (Å²) in [5.41, 5.74) is 27.3. The fraction of sp³-hybridized carbons (Fsp3) is 0.857. The van der Waals surface area contributed by atoms with Gasteiger partial charge < -0.3 is 78.7 Å². The molecule has 0 aromatic rings. The molecule has 1 saturated heterocycles. The number of hydrogen-bond donors (Lipinski definition) is 11. The van der Waals surface area contributed by atoms with E-state index in [-0.39, 0.29) is 51.0 Å². The smallest absolute Gasteiger partial charge is 0.215 e. The third kappa shape index (κ3) is 9.99. The van der Waals surface area contributed by atoms with Crippen molar-refractivity contribution in [3.05, 3.63) is 11.8 Å². The quantitative estimate of drug-likeness (QED) is 0.0427. The Morgan fingerprint density at radius 3 is 2.56 bits per heavy atom. The highest BCUT2D eigenvalue weighted by atomic mass is 16.7. The third-order valence-corrected chi connectivity index (χ3v) is 8.57. The Bertz CT molecular complexity index is 1000. The molecule has 17 nitrogen and oxygen atoms in total. The van der Waals surface area contributed by atoms with Crippen molar-refractivity contribution in [2.24, 2.45) is 39.6 Å². The van der Waals surface area contributed by atoms with Crippen LogP contribution in [0.1, 0.15) is 39.0 Å². The van der Waals surface area contributed by atoms with Crippen LogP contribution in [0.15, 0.2) is 16.8 Å². The lowest BCUT2D eigenvalue weighted by molar-refractivity contribution is -0.308. The Kier molecular flexibility index (Phi) is 14.3. The molecule has 2 fully saturated rings. The number of ether oxygens (including phenoxy) is 4. The van der Waals surface area contributed by atoms with Crippen molar-refractivity contribution >= 4 is 11.7 Å². The summed E-state index contributed by atoms with van der Waals surface area (Å²) in [6.45, 7) is 2.67. The number of Topliss-reactive ketones (excluding diaryl/α,β-unsaturated/α-hetero) is 1. The van der Waals surface area contributed by atoms with Gasteiger partial charge in [0.1, 0.15) is 35.8 Å². The van der Waals surface area contributed by atoms with Crippen LogP contribution >= 0.6 is 0 Å². The second kappa shape index (κ2) is 17.2. The van der Waals surface area contributed by atoms with E-state index < -0.39 is 72.5 Å². The Labute approximate surface area is 263 Å². The molecule has 1 aliphatic carbocycles. The summed E-state index contributed by atoms with van der Waals surface area (Å²) in [5.74, 6) is -0.840. The molecule has 17 heteroatoms. The Balaban J connectivity index is 1.83. The number of carbonyl (C=O) groups excluding carboxylic acids is 1. The van der Waals surface area contributed by atoms with E-state index in [4.69, 9.17) is 47.6 Å². The summed E-state index contributed by atoms with van der Waals surface area (Å²) in [4.78, 5) is 16.9. The summed E-state index contributed by atoms with van der Waals surface area (Å²) in [7, 11) is 1.58. The summed E-state index contributed by atoms with van der Waals surface area (Å²) >= 11 is 0. The first-order valence-corrected chi connectivity index (χ1v) is 15.5. The molecule has 1 saturated carbocycles. The molecule has 16 N–H and O–H groups in total. The largest absolute Gasteiger partial charge is 0.467 e. The van der Waals surface area contributed by atoms with Gasteiger partial charge in [-0.05, 0) is 58.3 Å². The SMILES string of the molecule is CN[C@@H]1[C@@H](O)[C@@H](O[C@H]2[C@H](CC(=O)[C@@H](O)CCN=C(N)N)C[C@H](N)C(O[C@H]3OC(CN)=CC[C@H]3NCCCN)[C@@H]2O)OC[C@]1(C)O. The van der Waals surface area contributed by atoms with E-state index in [1.54, 1.807) is 7.05 Å². The van der Waals surface area contributed by atoms with Gasteiger partial charge in [-0.25, -0.2) is 0 Å². The molecule has 45 heavy (non-hydrogen) atoms. The Hall–Kier alpha value is -2.00. The minimum absolute atomic E-state index is 0.00669. The third-order valence-electron chi connectivity index (χ3n) is 8.57. The van der Waals surface area contributed by atoms with Crippen molar-refractivity contribution < 1.29 is 44.2 Å². The summed E-state index contributed by atoms with van der Waals surface area (Å²) in [5, 5.41) is 50.2. The molecule has 0 amide bonds. The molecule has 2 aliphatic heterocycles. The van der Waals surface area contributed by atoms with E-state index in [9.17, 15) is 25.2 Å². The molecule has 0 aromatic carbocycles. The number of nitrogens with two attached hydrogens (primary N) is 5. The van der Waals surface area contributed by atoms with Gasteiger partial charge in [0.25, 0.3) is 0 Å². The summed E-state index contributed by atoms with van der Waals surface area (Å²) < 4.78 is 24.2. The average Bonchev–Trinajstić information content (AvgIpc) is 2.98. The topological polar surface area (TPSA) is 301 Å². The molecule has 1 unspecified atom stereocenters. The highest BCUT2D eigenvalue weighted by molar-refractivity contribution is 5.83. The van der Waals surface area contributed by atoms with Gasteiger partial charge in [0.05, 0.1) is 31.3 Å². The van der Waals surface area contributed by atoms with Crippen molar-refractivity contribution in [2.45, 2.75) is 106 Å². The number of aliphatic imine (C=N–C) groups is 1. The predicted molar refractivity (Wildman–Crippen MR) is 164 cm³/mol. The zero-order valence-electron chi connectivity index (χ0n) is 26.2. The van der Waals surface area contributed by atoms with E-state index in [1.807, 2.05) is 6.08 Å². The lowest BCUT2D eigenvalue weighted by atomic mass is 9.76. The molecule has 12 atom stereocenters. The molecular weight excluding hydrogens is 592 g/mol. The fourth-order valence-corrected chi connectivity index (χ4v) is 6.13. The minimum Gasteiger partial charge on any atom is -0.467 e. The van der Waals surface area contributed by atoms with E-state index >= 15 is 0 Å².